The monoisotopic (exact) mass is 452 g/mol. The number of carbonyl (C=O) groups is 1. The van der Waals surface area contributed by atoms with E-state index in [-0.39, 0.29) is 10.8 Å². The third-order valence-corrected chi connectivity index (χ3v) is 5.84. The number of hydrogen-bond donors (Lipinski definition) is 1. The molecule has 31 heavy (non-hydrogen) atoms. The Kier molecular flexibility index (Phi) is 6.64. The van der Waals surface area contributed by atoms with Crippen LogP contribution in [-0.4, -0.2) is 26.8 Å². The first-order valence-electron chi connectivity index (χ1n) is 9.94. The minimum absolute atomic E-state index is 0.0932. The quantitative estimate of drug-likeness (QED) is 0.396. The summed E-state index contributed by atoms with van der Waals surface area (Å²) in [5.41, 5.74) is 2.84. The van der Waals surface area contributed by atoms with Gasteiger partial charge in [0.05, 0.1) is 11.4 Å². The van der Waals surface area contributed by atoms with Gasteiger partial charge in [-0.05, 0) is 55.3 Å². The van der Waals surface area contributed by atoms with Crippen LogP contribution >= 0.6 is 22.9 Å². The highest BCUT2D eigenvalue weighted by atomic mass is 35.5. The van der Waals surface area contributed by atoms with Gasteiger partial charge < -0.3 is 5.32 Å². The van der Waals surface area contributed by atoms with Gasteiger partial charge in [0.2, 0.25) is 0 Å². The van der Waals surface area contributed by atoms with Crippen molar-refractivity contribution in [3.63, 3.8) is 0 Å². The van der Waals surface area contributed by atoms with Gasteiger partial charge in [-0.3, -0.25) is 18.8 Å². The van der Waals surface area contributed by atoms with Gasteiger partial charge in [-0.25, -0.2) is 0 Å². The topological polar surface area (TPSA) is 68.9 Å². The van der Waals surface area contributed by atoms with Crippen LogP contribution in [0.15, 0.2) is 77.2 Å². The maximum Gasteiger partial charge on any atom is 0.312 e. The molecule has 0 radical (unpaired) electrons. The number of halogens is 1. The molecule has 4 aromatic rings. The number of benzene rings is 2. The van der Waals surface area contributed by atoms with E-state index >= 15 is 0 Å². The summed E-state index contributed by atoms with van der Waals surface area (Å²) in [6, 6.07) is 16.3. The maximum absolute atomic E-state index is 12.6. The molecule has 4 rings (SSSR count). The van der Waals surface area contributed by atoms with Crippen LogP contribution in [-0.2, 0) is 6.54 Å². The van der Waals surface area contributed by atoms with Crippen molar-refractivity contribution in [3.05, 3.63) is 92.6 Å². The van der Waals surface area contributed by atoms with Crippen molar-refractivity contribution in [1.29, 1.82) is 0 Å². The average Bonchev–Trinajstić information content (AvgIpc) is 3.44. The van der Waals surface area contributed by atoms with Gasteiger partial charge in [0.1, 0.15) is 0 Å². The molecule has 2 aromatic heterocycles. The smallest absolute Gasteiger partial charge is 0.312 e. The Morgan fingerprint density at radius 3 is 2.71 bits per heavy atom. The van der Waals surface area contributed by atoms with E-state index in [4.69, 9.17) is 11.6 Å². The average molecular weight is 453 g/mol. The van der Waals surface area contributed by atoms with Crippen LogP contribution in [0.5, 0.6) is 0 Å². The van der Waals surface area contributed by atoms with Crippen LogP contribution in [0.4, 0.5) is 0 Å². The summed E-state index contributed by atoms with van der Waals surface area (Å²) in [6.45, 7) is 1.43. The second-order valence-electron chi connectivity index (χ2n) is 7.01. The molecule has 0 saturated heterocycles. The van der Waals surface area contributed by atoms with Crippen molar-refractivity contribution >= 4 is 28.8 Å². The molecule has 0 atom stereocenters. The van der Waals surface area contributed by atoms with E-state index < -0.39 is 0 Å². The van der Waals surface area contributed by atoms with E-state index in [0.717, 1.165) is 47.7 Å². The Bertz CT molecular complexity index is 1210. The van der Waals surface area contributed by atoms with Gasteiger partial charge in [-0.15, -0.1) is 0 Å². The highest BCUT2D eigenvalue weighted by Crippen LogP contribution is 2.25. The number of amides is 1. The van der Waals surface area contributed by atoms with Crippen molar-refractivity contribution in [2.75, 3.05) is 6.54 Å². The number of aryl methyl sites for hydroxylation is 1. The highest BCUT2D eigenvalue weighted by molar-refractivity contribution is 7.07. The van der Waals surface area contributed by atoms with Gasteiger partial charge in [-0.2, -0.15) is 5.10 Å². The largest absolute Gasteiger partial charge is 0.352 e. The Labute approximate surface area is 188 Å². The lowest BCUT2D eigenvalue weighted by Crippen LogP contribution is -2.24. The van der Waals surface area contributed by atoms with E-state index in [0.29, 0.717) is 17.1 Å². The molecule has 0 spiro atoms. The van der Waals surface area contributed by atoms with Gasteiger partial charge in [0.25, 0.3) is 5.91 Å². The number of nitrogens with zero attached hydrogens (tertiary/aromatic N) is 3. The third-order valence-electron chi connectivity index (χ3n) is 4.86. The predicted molar refractivity (Wildman–Crippen MR) is 124 cm³/mol. The number of thiazole rings is 1. The fraction of sp³-hybridized carbons (Fsp3) is 0.174. The fourth-order valence-corrected chi connectivity index (χ4v) is 4.19. The first kappa shape index (κ1) is 21.1. The van der Waals surface area contributed by atoms with E-state index in [2.05, 4.69) is 10.4 Å². The molecule has 0 saturated carbocycles. The second kappa shape index (κ2) is 9.76. The number of unbranched alkanes of at least 4 members (excludes halogenated alkanes) is 1. The van der Waals surface area contributed by atoms with Crippen LogP contribution in [0, 0.1) is 0 Å². The summed E-state index contributed by atoms with van der Waals surface area (Å²) in [5, 5.41) is 9.55. The van der Waals surface area contributed by atoms with Crippen molar-refractivity contribution < 1.29 is 4.79 Å². The van der Waals surface area contributed by atoms with Crippen molar-refractivity contribution in [2.45, 2.75) is 19.4 Å². The Morgan fingerprint density at radius 1 is 1.10 bits per heavy atom. The van der Waals surface area contributed by atoms with E-state index in [9.17, 15) is 9.59 Å². The molecule has 8 heteroatoms. The molecule has 1 amide bonds. The van der Waals surface area contributed by atoms with Crippen molar-refractivity contribution in [3.8, 4) is 16.9 Å². The van der Waals surface area contributed by atoms with Crippen molar-refractivity contribution in [2.24, 2.45) is 0 Å². The molecule has 6 nitrogen and oxygen atoms in total. The first-order chi connectivity index (χ1) is 15.1. The van der Waals surface area contributed by atoms with Crippen molar-refractivity contribution in [1.82, 2.24) is 19.7 Å². The maximum atomic E-state index is 12.6. The van der Waals surface area contributed by atoms with Crippen LogP contribution in [0.1, 0.15) is 23.2 Å². The number of aromatic nitrogens is 3. The lowest BCUT2D eigenvalue weighted by Gasteiger charge is -2.10. The first-order valence-corrected chi connectivity index (χ1v) is 11.2. The van der Waals surface area contributed by atoms with Gasteiger partial charge in [-0.1, -0.05) is 35.1 Å². The number of rotatable bonds is 8. The number of nitrogens with one attached hydrogen (secondary N) is 1. The highest BCUT2D eigenvalue weighted by Gasteiger charge is 2.13. The number of hydrogen-bond acceptors (Lipinski definition) is 4. The van der Waals surface area contributed by atoms with E-state index in [1.165, 1.54) is 0 Å². The van der Waals surface area contributed by atoms with Gasteiger partial charge in [0, 0.05) is 47.0 Å². The molecule has 1 N–H and O–H groups in total. The Morgan fingerprint density at radius 2 is 1.94 bits per heavy atom. The second-order valence-corrected chi connectivity index (χ2v) is 8.27. The predicted octanol–water partition coefficient (Wildman–Crippen LogP) is 4.63. The molecule has 158 valence electrons. The summed E-state index contributed by atoms with van der Waals surface area (Å²) in [6.07, 6.45) is 5.49. The molecule has 0 aliphatic heterocycles. The molecule has 2 aromatic carbocycles. The molecule has 0 unspecified atom stereocenters. The Balaban J connectivity index is 1.44. The van der Waals surface area contributed by atoms with Crippen LogP contribution < -0.4 is 10.2 Å². The third kappa shape index (κ3) is 5.13. The molecule has 0 aliphatic rings. The normalized spacial score (nSPS) is 10.9. The zero-order chi connectivity index (χ0) is 21.6. The zero-order valence-electron chi connectivity index (χ0n) is 16.7. The summed E-state index contributed by atoms with van der Waals surface area (Å²) in [4.78, 5) is 25.0. The standard InChI is InChI=1S/C23H21ClN4O2S/c24-19-7-9-20(10-8-19)28-21(16-31-23(28)30)17-5-3-6-18(15-17)22(29)25-11-1-2-13-27-14-4-12-26-27/h3-10,12,14-16H,1-2,11,13H2,(H,25,29). The summed E-state index contributed by atoms with van der Waals surface area (Å²) >= 11 is 7.10. The SMILES string of the molecule is O=C(NCCCCn1cccn1)c1cccc(-c2csc(=O)n2-c2ccc(Cl)cc2)c1. The van der Waals surface area contributed by atoms with Gasteiger partial charge in [0.15, 0.2) is 0 Å². The van der Waals surface area contributed by atoms with E-state index in [1.54, 1.807) is 41.1 Å². The summed E-state index contributed by atoms with van der Waals surface area (Å²) in [5.74, 6) is -0.128. The molecule has 0 fully saturated rings. The van der Waals surface area contributed by atoms with Gasteiger partial charge >= 0.3 is 4.87 Å². The minimum atomic E-state index is -0.128. The lowest BCUT2D eigenvalue weighted by molar-refractivity contribution is 0.0953. The zero-order valence-corrected chi connectivity index (χ0v) is 18.3. The van der Waals surface area contributed by atoms with Crippen LogP contribution in [0.2, 0.25) is 5.02 Å². The molecular formula is C23H21ClN4O2S. The molecule has 0 bridgehead atoms. The number of carbonyl (C=O) groups excluding carboxylic acids is 1. The summed E-state index contributed by atoms with van der Waals surface area (Å²) < 4.78 is 3.51. The van der Waals surface area contributed by atoms with Crippen LogP contribution in [0.25, 0.3) is 16.9 Å². The molecule has 0 aliphatic carbocycles. The summed E-state index contributed by atoms with van der Waals surface area (Å²) in [7, 11) is 0. The molecule has 2 heterocycles. The fourth-order valence-electron chi connectivity index (χ4n) is 3.30. The Hall–Kier alpha value is -3.16. The van der Waals surface area contributed by atoms with Crippen LogP contribution in [0.3, 0.4) is 0 Å². The minimum Gasteiger partial charge on any atom is -0.352 e. The molecular weight excluding hydrogens is 432 g/mol. The lowest BCUT2D eigenvalue weighted by atomic mass is 10.1. The van der Waals surface area contributed by atoms with E-state index in [1.807, 2.05) is 40.5 Å².